The molecule has 4 heteroatoms. The molecule has 0 aliphatic heterocycles. The fraction of sp³-hybridized carbons (Fsp3) is 0.929. The van der Waals surface area contributed by atoms with Crippen molar-refractivity contribution in [1.82, 2.24) is 10.2 Å². The SMILES string of the molecule is CCN(CC)C1CCCC(NC(C)C)(C(N)=O)C1. The van der Waals surface area contributed by atoms with Gasteiger partial charge in [-0.25, -0.2) is 0 Å². The van der Waals surface area contributed by atoms with E-state index < -0.39 is 5.54 Å². The standard InChI is InChI=1S/C14H29N3O/c1-5-17(6-2)12-8-7-9-14(10-12,13(15)18)16-11(3)4/h11-12,16H,5-10H2,1-4H3,(H2,15,18). The Labute approximate surface area is 111 Å². The van der Waals surface area contributed by atoms with E-state index >= 15 is 0 Å². The van der Waals surface area contributed by atoms with Crippen LogP contribution < -0.4 is 11.1 Å². The van der Waals surface area contributed by atoms with Crippen molar-refractivity contribution < 1.29 is 4.79 Å². The highest BCUT2D eigenvalue weighted by atomic mass is 16.1. The lowest BCUT2D eigenvalue weighted by molar-refractivity contribution is -0.127. The van der Waals surface area contributed by atoms with Crippen LogP contribution in [0.15, 0.2) is 0 Å². The smallest absolute Gasteiger partial charge is 0.237 e. The van der Waals surface area contributed by atoms with Crippen LogP contribution in [-0.4, -0.2) is 41.5 Å². The number of amides is 1. The molecule has 2 atom stereocenters. The second-order valence-corrected chi connectivity index (χ2v) is 5.72. The Kier molecular flexibility index (Phi) is 5.60. The van der Waals surface area contributed by atoms with Crippen molar-refractivity contribution in [3.63, 3.8) is 0 Å². The van der Waals surface area contributed by atoms with E-state index in [9.17, 15) is 4.79 Å². The van der Waals surface area contributed by atoms with Crippen LogP contribution in [0.1, 0.15) is 53.4 Å². The zero-order chi connectivity index (χ0) is 13.8. The van der Waals surface area contributed by atoms with Crippen LogP contribution in [-0.2, 0) is 4.79 Å². The predicted octanol–water partition coefficient (Wildman–Crippen LogP) is 1.49. The Hall–Kier alpha value is -0.610. The Balaban J connectivity index is 2.82. The van der Waals surface area contributed by atoms with E-state index in [0.29, 0.717) is 6.04 Å². The van der Waals surface area contributed by atoms with Crippen LogP contribution in [0.5, 0.6) is 0 Å². The molecule has 4 nitrogen and oxygen atoms in total. The monoisotopic (exact) mass is 255 g/mol. The third-order valence-corrected chi connectivity index (χ3v) is 4.09. The highest BCUT2D eigenvalue weighted by Crippen LogP contribution is 2.31. The van der Waals surface area contributed by atoms with Crippen LogP contribution >= 0.6 is 0 Å². The second-order valence-electron chi connectivity index (χ2n) is 5.72. The minimum absolute atomic E-state index is 0.187. The summed E-state index contributed by atoms with van der Waals surface area (Å²) < 4.78 is 0. The average Bonchev–Trinajstić information content (AvgIpc) is 2.30. The Morgan fingerprint density at radius 1 is 1.44 bits per heavy atom. The number of nitrogens with two attached hydrogens (primary N) is 1. The zero-order valence-corrected chi connectivity index (χ0v) is 12.3. The van der Waals surface area contributed by atoms with Crippen molar-refractivity contribution in [2.45, 2.75) is 71.0 Å². The minimum atomic E-state index is -0.500. The zero-order valence-electron chi connectivity index (χ0n) is 12.3. The maximum absolute atomic E-state index is 11.9. The first-order valence-electron chi connectivity index (χ1n) is 7.26. The average molecular weight is 255 g/mol. The first-order chi connectivity index (χ1) is 8.45. The second kappa shape index (κ2) is 6.53. The number of carbonyl (C=O) groups is 1. The molecule has 1 rings (SSSR count). The van der Waals surface area contributed by atoms with E-state index in [2.05, 4.69) is 37.9 Å². The number of carbonyl (C=O) groups excluding carboxylic acids is 1. The molecule has 106 valence electrons. The summed E-state index contributed by atoms with van der Waals surface area (Å²) in [5.74, 6) is -0.187. The lowest BCUT2D eigenvalue weighted by Crippen LogP contribution is -2.62. The first kappa shape index (κ1) is 15.4. The highest BCUT2D eigenvalue weighted by Gasteiger charge is 2.42. The molecule has 1 fully saturated rings. The van der Waals surface area contributed by atoms with Crippen LogP contribution in [0, 0.1) is 0 Å². The number of hydrogen-bond donors (Lipinski definition) is 2. The fourth-order valence-corrected chi connectivity index (χ4v) is 3.28. The van der Waals surface area contributed by atoms with E-state index in [1.807, 2.05) is 0 Å². The number of nitrogens with one attached hydrogen (secondary N) is 1. The summed E-state index contributed by atoms with van der Waals surface area (Å²) in [4.78, 5) is 14.3. The molecule has 0 saturated heterocycles. The van der Waals surface area contributed by atoms with Gasteiger partial charge in [0.2, 0.25) is 5.91 Å². The Morgan fingerprint density at radius 2 is 2.06 bits per heavy atom. The van der Waals surface area contributed by atoms with Gasteiger partial charge in [-0.1, -0.05) is 13.8 Å². The van der Waals surface area contributed by atoms with Gasteiger partial charge in [0.15, 0.2) is 0 Å². The predicted molar refractivity (Wildman–Crippen MR) is 75.4 cm³/mol. The van der Waals surface area contributed by atoms with Crippen molar-refractivity contribution in [1.29, 1.82) is 0 Å². The minimum Gasteiger partial charge on any atom is -0.368 e. The van der Waals surface area contributed by atoms with Crippen molar-refractivity contribution in [2.24, 2.45) is 5.73 Å². The summed E-state index contributed by atoms with van der Waals surface area (Å²) in [7, 11) is 0. The fourth-order valence-electron chi connectivity index (χ4n) is 3.28. The number of primary amides is 1. The maximum atomic E-state index is 11.9. The number of rotatable bonds is 6. The summed E-state index contributed by atoms with van der Waals surface area (Å²) in [5, 5.41) is 3.43. The third-order valence-electron chi connectivity index (χ3n) is 4.09. The Morgan fingerprint density at radius 3 is 2.50 bits per heavy atom. The van der Waals surface area contributed by atoms with Crippen molar-refractivity contribution in [3.05, 3.63) is 0 Å². The largest absolute Gasteiger partial charge is 0.368 e. The van der Waals surface area contributed by atoms with Gasteiger partial charge >= 0.3 is 0 Å². The molecule has 1 amide bonds. The van der Waals surface area contributed by atoms with Crippen LogP contribution in [0.4, 0.5) is 0 Å². The van der Waals surface area contributed by atoms with Crippen molar-refractivity contribution in [3.8, 4) is 0 Å². The number of hydrogen-bond acceptors (Lipinski definition) is 3. The molecule has 0 aromatic rings. The quantitative estimate of drug-likeness (QED) is 0.756. The van der Waals surface area contributed by atoms with Gasteiger partial charge in [0.05, 0.1) is 5.54 Å². The topological polar surface area (TPSA) is 58.4 Å². The molecule has 0 heterocycles. The van der Waals surface area contributed by atoms with Crippen molar-refractivity contribution >= 4 is 5.91 Å². The Bertz CT molecular complexity index is 276. The van der Waals surface area contributed by atoms with E-state index in [4.69, 9.17) is 5.73 Å². The highest BCUT2D eigenvalue weighted by molar-refractivity contribution is 5.85. The summed E-state index contributed by atoms with van der Waals surface area (Å²) >= 11 is 0. The van der Waals surface area contributed by atoms with E-state index in [1.54, 1.807) is 0 Å². The van der Waals surface area contributed by atoms with Gasteiger partial charge in [0.25, 0.3) is 0 Å². The first-order valence-corrected chi connectivity index (χ1v) is 7.26. The van der Waals surface area contributed by atoms with E-state index in [1.165, 1.54) is 6.42 Å². The van der Waals surface area contributed by atoms with Gasteiger partial charge in [-0.05, 0) is 52.6 Å². The maximum Gasteiger partial charge on any atom is 0.237 e. The molecule has 0 aromatic carbocycles. The van der Waals surface area contributed by atoms with E-state index in [-0.39, 0.29) is 11.9 Å². The van der Waals surface area contributed by atoms with Crippen LogP contribution in [0.2, 0.25) is 0 Å². The van der Waals surface area contributed by atoms with Gasteiger partial charge in [-0.2, -0.15) is 0 Å². The van der Waals surface area contributed by atoms with Crippen LogP contribution in [0.25, 0.3) is 0 Å². The molecule has 2 unspecified atom stereocenters. The molecule has 1 aliphatic carbocycles. The number of nitrogens with zero attached hydrogens (tertiary/aromatic N) is 1. The van der Waals surface area contributed by atoms with Gasteiger partial charge in [0.1, 0.15) is 0 Å². The summed E-state index contributed by atoms with van der Waals surface area (Å²) in [5.41, 5.74) is 5.18. The molecule has 1 aliphatic rings. The van der Waals surface area contributed by atoms with Gasteiger partial charge in [-0.15, -0.1) is 0 Å². The molecule has 0 spiro atoms. The molecule has 0 bridgehead atoms. The lowest BCUT2D eigenvalue weighted by atomic mass is 9.77. The van der Waals surface area contributed by atoms with Crippen molar-refractivity contribution in [2.75, 3.05) is 13.1 Å². The van der Waals surface area contributed by atoms with Gasteiger partial charge in [-0.3, -0.25) is 4.79 Å². The molecule has 3 N–H and O–H groups in total. The lowest BCUT2D eigenvalue weighted by Gasteiger charge is -2.44. The molecule has 0 radical (unpaired) electrons. The van der Waals surface area contributed by atoms with Crippen LogP contribution in [0.3, 0.4) is 0 Å². The molecule has 18 heavy (non-hydrogen) atoms. The summed E-state index contributed by atoms with van der Waals surface area (Å²) in [6.45, 7) is 10.6. The molecule has 1 saturated carbocycles. The van der Waals surface area contributed by atoms with Gasteiger partial charge < -0.3 is 16.0 Å². The normalized spacial score (nSPS) is 28.9. The van der Waals surface area contributed by atoms with Gasteiger partial charge in [0, 0.05) is 12.1 Å². The third kappa shape index (κ3) is 3.45. The molecular formula is C14H29N3O. The van der Waals surface area contributed by atoms with E-state index in [0.717, 1.165) is 32.4 Å². The summed E-state index contributed by atoms with van der Waals surface area (Å²) in [6.07, 6.45) is 3.97. The molecule has 0 aromatic heterocycles. The molecular weight excluding hydrogens is 226 g/mol. The summed E-state index contributed by atoms with van der Waals surface area (Å²) in [6, 6.07) is 0.764.